The number of hydrogen-bond acceptors (Lipinski definition) is 50. The Hall–Kier alpha value is -3.47. The number of aliphatic hydroxyl groups is 28. The van der Waals surface area contributed by atoms with Crippen LogP contribution in [0, 0.1) is 0 Å². The fraction of sp³-hybridized carbons (Fsp3) is 0.955. The van der Waals surface area contributed by atoms with Gasteiger partial charge in [0.15, 0.2) is 62.9 Å². The summed E-state index contributed by atoms with van der Waals surface area (Å²) in [4.78, 5) is 39.7. The van der Waals surface area contributed by atoms with Gasteiger partial charge in [-0.1, -0.05) is 0 Å². The molecule has 53 heteroatoms. The fourth-order valence-electron chi connectivity index (χ4n) is 15.6. The van der Waals surface area contributed by atoms with Crippen LogP contribution in [0.25, 0.3) is 0 Å². The van der Waals surface area contributed by atoms with Crippen molar-refractivity contribution < 1.29 is 247 Å². The lowest BCUT2D eigenvalue weighted by Crippen LogP contribution is -2.72. The molecule has 10 rings (SSSR count). The predicted octanol–water partition coefficient (Wildman–Crippen LogP) is -21.3. The molecule has 0 aromatic rings. The quantitative estimate of drug-likeness (QED) is 0.0318. The SMILES string of the molecule is CC(=O)N[C@H]1[C@H](O[C@H]2[C@@H](O)[C@@H](CO)O[C@@H](O[C@H]3[C@H](O[C@@H]4O[C@@H](C)[C@@H](O)[C@@H](O)[C@@H]4O)[C@@H](NC(C)=O)[C@H](O[C@H]4[C@@H](O)[C@@H](CO)O[C@@H](O[C@H]5[C@H](O)[C@@H](O)C(O)O[C@@H]5CO)[C@@H]4O)O[C@@H]3CO)[C@@H]2O)O[C@H](CO)[C@@H](O[C@@H]2O[C@H](CO)[C@H](O[C@@H]3O[C@H](CO)[C@H](O)[C@H](O)[C@H]3O)[C@H](OC3O[C@H](CO)[C@@H](O[C@@H]4O[C@H](CO)[C@H](O)[C@H](O)[C@H]4O)[C@H](O)[C@H]3NC(C)=O)[C@H]2O)[C@@H]1O. The highest BCUT2D eigenvalue weighted by Gasteiger charge is 2.63. The molecule has 0 spiro atoms. The molecule has 10 heterocycles. The molecule has 0 saturated carbocycles. The van der Waals surface area contributed by atoms with E-state index in [0.29, 0.717) is 0 Å². The maximum Gasteiger partial charge on any atom is 0.217 e. The molecule has 10 aliphatic heterocycles. The lowest BCUT2D eigenvalue weighted by atomic mass is 9.93. The minimum absolute atomic E-state index is 0.897. The summed E-state index contributed by atoms with van der Waals surface area (Å²) in [6, 6.07) is -6.06. The van der Waals surface area contributed by atoms with Crippen molar-refractivity contribution in [1.82, 2.24) is 16.0 Å². The number of hydrogen-bond donors (Lipinski definition) is 31. The molecule has 0 aliphatic carbocycles. The van der Waals surface area contributed by atoms with Crippen molar-refractivity contribution in [2.24, 2.45) is 0 Å². The van der Waals surface area contributed by atoms with E-state index in [2.05, 4.69) is 16.0 Å². The molecule has 690 valence electrons. The Bertz CT molecular complexity index is 3160. The molecule has 31 N–H and O–H groups in total. The number of ether oxygens (including phenoxy) is 19. The summed E-state index contributed by atoms with van der Waals surface area (Å²) in [5, 5.41) is 317. The van der Waals surface area contributed by atoms with Crippen LogP contribution < -0.4 is 16.0 Å². The Morgan fingerprint density at radius 3 is 0.832 bits per heavy atom. The van der Waals surface area contributed by atoms with Crippen molar-refractivity contribution in [1.29, 1.82) is 0 Å². The molecule has 10 aliphatic rings. The van der Waals surface area contributed by atoms with Crippen LogP contribution in [0.4, 0.5) is 0 Å². The van der Waals surface area contributed by atoms with E-state index >= 15 is 0 Å². The molecule has 119 heavy (non-hydrogen) atoms. The number of aliphatic hydroxyl groups excluding tert-OH is 28. The van der Waals surface area contributed by atoms with Crippen LogP contribution in [0.5, 0.6) is 0 Å². The van der Waals surface area contributed by atoms with E-state index in [9.17, 15) is 157 Å². The molecule has 2 unspecified atom stereocenters. The normalized spacial score (nSPS) is 50.7. The van der Waals surface area contributed by atoms with Crippen LogP contribution in [-0.4, -0.2) is 527 Å². The van der Waals surface area contributed by atoms with E-state index in [-0.39, 0.29) is 0 Å². The summed E-state index contributed by atoms with van der Waals surface area (Å²) < 4.78 is 113. The molecule has 0 bridgehead atoms. The predicted molar refractivity (Wildman–Crippen MR) is 363 cm³/mol. The van der Waals surface area contributed by atoms with Gasteiger partial charge in [-0.25, -0.2) is 0 Å². The first-order valence-electron chi connectivity index (χ1n) is 38.0. The topological polar surface area (TPSA) is 829 Å². The first-order chi connectivity index (χ1) is 56.3. The van der Waals surface area contributed by atoms with Gasteiger partial charge in [0.2, 0.25) is 17.7 Å². The van der Waals surface area contributed by atoms with Gasteiger partial charge >= 0.3 is 0 Å². The van der Waals surface area contributed by atoms with Gasteiger partial charge in [-0.2, -0.15) is 0 Å². The summed E-state index contributed by atoms with van der Waals surface area (Å²) in [6.07, 6.45) is -98.0. The van der Waals surface area contributed by atoms with E-state index in [1.165, 1.54) is 6.92 Å². The lowest BCUT2D eigenvalue weighted by molar-refractivity contribution is -0.402. The average molecular weight is 1750 g/mol. The molecule has 53 nitrogen and oxygen atoms in total. The minimum atomic E-state index is -2.52. The number of nitrogens with one attached hydrogen (secondary N) is 3. The summed E-state index contributed by atoms with van der Waals surface area (Å²) >= 11 is 0. The highest BCUT2D eigenvalue weighted by atomic mass is 16.8. The van der Waals surface area contributed by atoms with E-state index in [0.717, 1.165) is 20.8 Å². The van der Waals surface area contributed by atoms with Gasteiger partial charge in [0.05, 0.1) is 65.6 Å². The van der Waals surface area contributed by atoms with Crippen molar-refractivity contribution in [3.8, 4) is 0 Å². The van der Waals surface area contributed by atoms with Gasteiger partial charge in [-0.3, -0.25) is 14.4 Å². The van der Waals surface area contributed by atoms with Gasteiger partial charge in [0.25, 0.3) is 0 Å². The van der Waals surface area contributed by atoms with Crippen LogP contribution in [0.1, 0.15) is 27.7 Å². The zero-order valence-electron chi connectivity index (χ0n) is 63.7. The largest absolute Gasteiger partial charge is 0.394 e. The highest BCUT2D eigenvalue weighted by Crippen LogP contribution is 2.42. The zero-order chi connectivity index (χ0) is 87.5. The smallest absolute Gasteiger partial charge is 0.217 e. The second kappa shape index (κ2) is 42.4. The Balaban J connectivity index is 0.935. The summed E-state index contributed by atoms with van der Waals surface area (Å²) in [5.74, 6) is -2.99. The first kappa shape index (κ1) is 97.7. The zero-order valence-corrected chi connectivity index (χ0v) is 63.7. The maximum absolute atomic E-state index is 13.4. The Kier molecular flexibility index (Phi) is 34.8. The number of amides is 3. The van der Waals surface area contributed by atoms with Gasteiger partial charge in [0.1, 0.15) is 238 Å². The van der Waals surface area contributed by atoms with E-state index in [4.69, 9.17) is 90.0 Å². The molecular formula is C66H111N3O50. The van der Waals surface area contributed by atoms with Gasteiger partial charge in [0, 0.05) is 20.8 Å². The number of rotatable bonds is 30. The third kappa shape index (κ3) is 21.0. The Morgan fingerprint density at radius 2 is 0.462 bits per heavy atom. The van der Waals surface area contributed by atoms with Crippen molar-refractivity contribution in [2.45, 2.75) is 335 Å². The highest BCUT2D eigenvalue weighted by molar-refractivity contribution is 5.74. The van der Waals surface area contributed by atoms with Crippen molar-refractivity contribution >= 4 is 17.7 Å². The standard InChI is InChI=1S/C66H111N3O50/c1-14-30(82)37(89)42(94)61(101-14)116-53-29(69-17(4)81)60(118-55-34(86)20(7-72)105-64(45(55)97)113-50-22(9-74)102-57(100)41(93)40(50)92)109-25(12-77)51(53)114-65-46(98)54(33(85)21(8-73)106-65)117-58-27(67-15(2)79)35(87)49(24(11-76)107-58)112-66-47(99)56(52(26(13-78)110-66)115-63-44(96)39(91)32(84)19(6-71)104-63)119-59-28(68-16(3)80)36(88)48(23(10-75)108-59)111-62-43(95)38(90)31(83)18(5-70)103-62/h14,18-66,70-78,82-100H,5-13H2,1-4H3,(H,67,79)(H,68,80)(H,69,81)/t14-,18+,19+,20+,21+,22+,23+,24+,25+,26+,27+,28+,29+,30+,31-,32-,33-,34-,35+,36+,37+,38-,39-,40+,41+,42-,43+,44+,45+,46+,47+,48+,49+,50+,51+,52-,53+,54-,55-,56+,57?,58-,59?,60-,61-,62-,63-,64-,65-,66-/m0/s1. The molecule has 10 fully saturated rings. The summed E-state index contributed by atoms with van der Waals surface area (Å²) in [5.41, 5.74) is 0. The Labute approximate surface area is 673 Å². The van der Waals surface area contributed by atoms with Gasteiger partial charge in [-0.05, 0) is 6.92 Å². The first-order valence-corrected chi connectivity index (χ1v) is 38.0. The Morgan fingerprint density at radius 1 is 0.218 bits per heavy atom. The molecular weight excluding hydrogens is 1630 g/mol. The van der Waals surface area contributed by atoms with Crippen molar-refractivity contribution in [2.75, 3.05) is 59.5 Å². The van der Waals surface area contributed by atoms with Crippen LogP contribution in [0.3, 0.4) is 0 Å². The molecule has 3 amide bonds. The van der Waals surface area contributed by atoms with E-state index in [1.54, 1.807) is 0 Å². The summed E-state index contributed by atoms with van der Waals surface area (Å²) in [6.45, 7) is -6.25. The van der Waals surface area contributed by atoms with E-state index < -0.39 is 384 Å². The number of carbonyl (C=O) groups excluding carboxylic acids is 3. The second-order valence-electron chi connectivity index (χ2n) is 30.2. The molecule has 10 saturated heterocycles. The number of carbonyl (C=O) groups is 3. The van der Waals surface area contributed by atoms with Crippen molar-refractivity contribution in [3.63, 3.8) is 0 Å². The maximum atomic E-state index is 13.4. The molecule has 0 radical (unpaired) electrons. The average Bonchev–Trinajstić information content (AvgIpc) is 0.761. The van der Waals surface area contributed by atoms with Crippen LogP contribution in [-0.2, 0) is 104 Å². The third-order valence-corrected chi connectivity index (χ3v) is 22.0. The van der Waals surface area contributed by atoms with Crippen LogP contribution in [0.2, 0.25) is 0 Å². The van der Waals surface area contributed by atoms with E-state index in [1.807, 2.05) is 0 Å². The third-order valence-electron chi connectivity index (χ3n) is 22.0. The minimum Gasteiger partial charge on any atom is -0.394 e. The molecule has 0 aromatic carbocycles. The van der Waals surface area contributed by atoms with Crippen molar-refractivity contribution in [3.05, 3.63) is 0 Å². The fourth-order valence-corrected chi connectivity index (χ4v) is 15.6. The van der Waals surface area contributed by atoms with Gasteiger partial charge in [-0.15, -0.1) is 0 Å². The summed E-state index contributed by atoms with van der Waals surface area (Å²) in [7, 11) is 0. The van der Waals surface area contributed by atoms with Crippen LogP contribution >= 0.6 is 0 Å². The monoisotopic (exact) mass is 1750 g/mol. The van der Waals surface area contributed by atoms with Crippen LogP contribution in [0.15, 0.2) is 0 Å². The lowest BCUT2D eigenvalue weighted by Gasteiger charge is -2.52. The molecule has 0 aromatic heterocycles. The van der Waals surface area contributed by atoms with Gasteiger partial charge < -0.3 is 249 Å². The molecule has 50 atom stereocenters. The second-order valence-corrected chi connectivity index (χ2v) is 30.2.